The fourth-order valence-electron chi connectivity index (χ4n) is 2.13. The van der Waals surface area contributed by atoms with E-state index in [4.69, 9.17) is 11.6 Å². The minimum absolute atomic E-state index is 0.223. The summed E-state index contributed by atoms with van der Waals surface area (Å²) in [6.45, 7) is 4.01. The highest BCUT2D eigenvalue weighted by molar-refractivity contribution is 8.01. The molecule has 1 aliphatic heterocycles. The highest BCUT2D eigenvalue weighted by Crippen LogP contribution is 2.40. The number of Topliss-reactive ketones (excluding diaryl/α,β-unsaturated/α-hetero) is 1. The smallest absolute Gasteiger partial charge is 0.178 e. The van der Waals surface area contributed by atoms with Gasteiger partial charge in [-0.1, -0.05) is 11.6 Å². The van der Waals surface area contributed by atoms with Gasteiger partial charge in [0.25, 0.3) is 0 Å². The van der Waals surface area contributed by atoms with Crippen molar-refractivity contribution >= 4 is 29.1 Å². The third-order valence-electron chi connectivity index (χ3n) is 3.00. The SMILES string of the molecule is Cc1cc(Cl)cc(C(=O)C2(C)CCCS2)c1. The predicted octanol–water partition coefficient (Wildman–Crippen LogP) is 4.12. The molecule has 2 rings (SSSR count). The lowest BCUT2D eigenvalue weighted by Crippen LogP contribution is -2.28. The van der Waals surface area contributed by atoms with E-state index in [1.54, 1.807) is 17.8 Å². The van der Waals surface area contributed by atoms with Crippen LogP contribution in [-0.2, 0) is 0 Å². The highest BCUT2D eigenvalue weighted by atomic mass is 35.5. The van der Waals surface area contributed by atoms with Crippen molar-refractivity contribution in [2.75, 3.05) is 5.75 Å². The molecule has 0 saturated carbocycles. The van der Waals surface area contributed by atoms with Crippen LogP contribution in [0, 0.1) is 6.92 Å². The van der Waals surface area contributed by atoms with Gasteiger partial charge in [0.05, 0.1) is 4.75 Å². The highest BCUT2D eigenvalue weighted by Gasteiger charge is 2.37. The maximum Gasteiger partial charge on any atom is 0.178 e. The van der Waals surface area contributed by atoms with Gasteiger partial charge in [-0.15, -0.1) is 11.8 Å². The number of aryl methyl sites for hydroxylation is 1. The monoisotopic (exact) mass is 254 g/mol. The molecule has 1 nitrogen and oxygen atoms in total. The van der Waals surface area contributed by atoms with Gasteiger partial charge in [-0.05, 0) is 56.2 Å². The molecule has 1 aliphatic rings. The van der Waals surface area contributed by atoms with E-state index in [-0.39, 0.29) is 10.5 Å². The number of rotatable bonds is 2. The van der Waals surface area contributed by atoms with Crippen molar-refractivity contribution in [3.63, 3.8) is 0 Å². The third kappa shape index (κ3) is 2.28. The zero-order valence-electron chi connectivity index (χ0n) is 9.55. The van der Waals surface area contributed by atoms with E-state index in [2.05, 4.69) is 0 Å². The summed E-state index contributed by atoms with van der Waals surface area (Å²) in [6, 6.07) is 5.59. The molecule has 0 radical (unpaired) electrons. The zero-order chi connectivity index (χ0) is 11.8. The van der Waals surface area contributed by atoms with Crippen molar-refractivity contribution in [1.29, 1.82) is 0 Å². The van der Waals surface area contributed by atoms with Gasteiger partial charge in [-0.2, -0.15) is 0 Å². The van der Waals surface area contributed by atoms with E-state index in [0.717, 1.165) is 29.7 Å². The second-order valence-electron chi connectivity index (χ2n) is 4.53. The van der Waals surface area contributed by atoms with Crippen LogP contribution in [0.15, 0.2) is 18.2 Å². The van der Waals surface area contributed by atoms with Crippen LogP contribution in [0.3, 0.4) is 0 Å². The molecular formula is C13H15ClOS. The van der Waals surface area contributed by atoms with Gasteiger partial charge in [0, 0.05) is 10.6 Å². The van der Waals surface area contributed by atoms with Gasteiger partial charge in [0.2, 0.25) is 0 Å². The second-order valence-corrected chi connectivity index (χ2v) is 6.56. The molecule has 0 amide bonds. The van der Waals surface area contributed by atoms with Gasteiger partial charge in [-0.3, -0.25) is 4.79 Å². The average molecular weight is 255 g/mol. The van der Waals surface area contributed by atoms with E-state index in [1.165, 1.54) is 0 Å². The molecule has 0 spiro atoms. The van der Waals surface area contributed by atoms with E-state index >= 15 is 0 Å². The molecule has 1 aromatic rings. The molecule has 86 valence electrons. The largest absolute Gasteiger partial charge is 0.293 e. The van der Waals surface area contributed by atoms with Crippen LogP contribution in [-0.4, -0.2) is 16.3 Å². The number of halogens is 1. The number of thioether (sulfide) groups is 1. The summed E-state index contributed by atoms with van der Waals surface area (Å²) < 4.78 is -0.239. The lowest BCUT2D eigenvalue weighted by molar-refractivity contribution is 0.0949. The Balaban J connectivity index is 2.33. The van der Waals surface area contributed by atoms with Crippen LogP contribution in [0.25, 0.3) is 0 Å². The molecule has 16 heavy (non-hydrogen) atoms. The maximum atomic E-state index is 12.4. The van der Waals surface area contributed by atoms with Gasteiger partial charge >= 0.3 is 0 Å². The fourth-order valence-corrected chi connectivity index (χ4v) is 3.70. The third-order valence-corrected chi connectivity index (χ3v) is 4.74. The summed E-state index contributed by atoms with van der Waals surface area (Å²) in [7, 11) is 0. The molecule has 0 N–H and O–H groups in total. The summed E-state index contributed by atoms with van der Waals surface area (Å²) in [6.07, 6.45) is 2.11. The van der Waals surface area contributed by atoms with E-state index in [9.17, 15) is 4.79 Å². The Bertz CT molecular complexity index is 402. The number of carbonyl (C=O) groups is 1. The summed E-state index contributed by atoms with van der Waals surface area (Å²) in [5, 5.41) is 0.648. The summed E-state index contributed by atoms with van der Waals surface area (Å²) in [5.74, 6) is 1.31. The van der Waals surface area contributed by atoms with Gasteiger partial charge in [0.1, 0.15) is 0 Å². The van der Waals surface area contributed by atoms with Crippen LogP contribution >= 0.6 is 23.4 Å². The first-order valence-electron chi connectivity index (χ1n) is 5.47. The Kier molecular flexibility index (Phi) is 3.32. The number of carbonyl (C=O) groups excluding carboxylic acids is 1. The number of hydrogen-bond donors (Lipinski definition) is 0. The van der Waals surface area contributed by atoms with E-state index in [0.29, 0.717) is 5.02 Å². The maximum absolute atomic E-state index is 12.4. The quantitative estimate of drug-likeness (QED) is 0.739. The van der Waals surface area contributed by atoms with Crippen molar-refractivity contribution < 1.29 is 4.79 Å². The Morgan fingerprint density at radius 2 is 2.19 bits per heavy atom. The van der Waals surface area contributed by atoms with Crippen LogP contribution in [0.4, 0.5) is 0 Å². The second kappa shape index (κ2) is 4.42. The zero-order valence-corrected chi connectivity index (χ0v) is 11.1. The average Bonchev–Trinajstić information content (AvgIpc) is 2.64. The molecular weight excluding hydrogens is 240 g/mol. The number of hydrogen-bond acceptors (Lipinski definition) is 2. The summed E-state index contributed by atoms with van der Waals surface area (Å²) in [5.41, 5.74) is 1.80. The molecule has 1 saturated heterocycles. The molecule has 1 fully saturated rings. The minimum Gasteiger partial charge on any atom is -0.293 e. The predicted molar refractivity (Wildman–Crippen MR) is 70.6 cm³/mol. The van der Waals surface area contributed by atoms with Gasteiger partial charge in [0.15, 0.2) is 5.78 Å². The van der Waals surface area contributed by atoms with Crippen molar-refractivity contribution in [2.45, 2.75) is 31.4 Å². The molecule has 0 aromatic heterocycles. The van der Waals surface area contributed by atoms with E-state index in [1.807, 2.05) is 26.0 Å². The Morgan fingerprint density at radius 3 is 2.75 bits per heavy atom. The van der Waals surface area contributed by atoms with Crippen molar-refractivity contribution in [3.8, 4) is 0 Å². The van der Waals surface area contributed by atoms with E-state index < -0.39 is 0 Å². The van der Waals surface area contributed by atoms with Crippen molar-refractivity contribution in [2.24, 2.45) is 0 Å². The first-order valence-corrected chi connectivity index (χ1v) is 6.84. The molecule has 1 heterocycles. The number of ketones is 1. The molecule has 0 aliphatic carbocycles. The molecule has 1 aromatic carbocycles. The minimum atomic E-state index is -0.239. The van der Waals surface area contributed by atoms with Crippen LogP contribution in [0.2, 0.25) is 5.02 Å². The Morgan fingerprint density at radius 1 is 1.44 bits per heavy atom. The lowest BCUT2D eigenvalue weighted by atomic mass is 9.94. The molecule has 1 atom stereocenters. The van der Waals surface area contributed by atoms with Crippen LogP contribution in [0.5, 0.6) is 0 Å². The molecule has 1 unspecified atom stereocenters. The summed E-state index contributed by atoms with van der Waals surface area (Å²) >= 11 is 7.75. The standard InChI is InChI=1S/C13H15ClOS/c1-9-6-10(8-11(14)7-9)12(15)13(2)4-3-5-16-13/h6-8H,3-5H2,1-2H3. The first kappa shape index (κ1) is 12.0. The fraction of sp³-hybridized carbons (Fsp3) is 0.462. The topological polar surface area (TPSA) is 17.1 Å². The van der Waals surface area contributed by atoms with Crippen molar-refractivity contribution in [1.82, 2.24) is 0 Å². The normalized spacial score (nSPS) is 24.7. The lowest BCUT2D eigenvalue weighted by Gasteiger charge is -2.21. The molecule has 0 bridgehead atoms. The molecule has 3 heteroatoms. The van der Waals surface area contributed by atoms with Crippen LogP contribution < -0.4 is 0 Å². The Hall–Kier alpha value is -0.470. The first-order chi connectivity index (χ1) is 7.51. The summed E-state index contributed by atoms with van der Waals surface area (Å²) in [4.78, 5) is 12.4. The van der Waals surface area contributed by atoms with Gasteiger partial charge < -0.3 is 0 Å². The van der Waals surface area contributed by atoms with Crippen molar-refractivity contribution in [3.05, 3.63) is 34.3 Å². The number of benzene rings is 1. The van der Waals surface area contributed by atoms with Gasteiger partial charge in [-0.25, -0.2) is 0 Å². The van der Waals surface area contributed by atoms with Crippen LogP contribution in [0.1, 0.15) is 35.7 Å². The Labute approximate surface area is 106 Å².